The number of thioether (sulfide) groups is 1. The Morgan fingerprint density at radius 2 is 1.85 bits per heavy atom. The molecule has 12 heteroatoms. The van der Waals surface area contributed by atoms with Crippen molar-refractivity contribution in [1.29, 1.82) is 0 Å². The molecule has 0 radical (unpaired) electrons. The zero-order chi connectivity index (χ0) is 28.8. The lowest BCUT2D eigenvalue weighted by Crippen LogP contribution is -2.46. The molecule has 1 fully saturated rings. The van der Waals surface area contributed by atoms with Crippen molar-refractivity contribution in [2.45, 2.75) is 13.0 Å². The van der Waals surface area contributed by atoms with Crippen LogP contribution in [0, 0.1) is 0 Å². The van der Waals surface area contributed by atoms with E-state index in [1.165, 1.54) is 6.07 Å². The predicted octanol–water partition coefficient (Wildman–Crippen LogP) is 7.90. The highest BCUT2D eigenvalue weighted by molar-refractivity contribution is 8.26. The van der Waals surface area contributed by atoms with Gasteiger partial charge in [-0.25, -0.2) is 10.2 Å². The van der Waals surface area contributed by atoms with Gasteiger partial charge in [-0.3, -0.25) is 4.79 Å². The van der Waals surface area contributed by atoms with Gasteiger partial charge in [0.25, 0.3) is 5.91 Å². The van der Waals surface area contributed by atoms with Gasteiger partial charge in [0.2, 0.25) is 0 Å². The van der Waals surface area contributed by atoms with E-state index >= 15 is 0 Å². The third-order valence-electron chi connectivity index (χ3n) is 5.52. The maximum absolute atomic E-state index is 13.1. The normalized spacial score (nSPS) is 13.9. The number of carbonyl (C=O) groups is 2. The van der Waals surface area contributed by atoms with Gasteiger partial charge >= 0.3 is 6.03 Å². The molecule has 4 rings (SSSR count). The standard InChI is InChI=1S/C28H22Cl3N3O4S2/c1-3-4-18-11-17(12-23(37-2)25(18)38-15-16-5-7-19(29)8-6-16)13-24-26(35)34(28(39)40-24)33-27(36)32-20-9-10-21(30)22(31)14-20/h3,5-14H,1,4,15H2,2H3,(H2,32,33,36)/b24-13-. The molecule has 1 aliphatic rings. The van der Waals surface area contributed by atoms with Crippen LogP contribution in [0.25, 0.3) is 6.08 Å². The van der Waals surface area contributed by atoms with E-state index in [1.807, 2.05) is 18.2 Å². The first-order valence-electron chi connectivity index (χ1n) is 11.7. The van der Waals surface area contributed by atoms with Crippen molar-refractivity contribution in [3.05, 3.63) is 104 Å². The molecule has 3 aromatic carbocycles. The molecule has 0 spiro atoms. The second kappa shape index (κ2) is 13.4. The fourth-order valence-corrected chi connectivity index (χ4v) is 5.28. The molecule has 0 atom stereocenters. The van der Waals surface area contributed by atoms with Crippen LogP contribution < -0.4 is 20.2 Å². The number of carbonyl (C=O) groups excluding carboxylic acids is 2. The first-order chi connectivity index (χ1) is 19.2. The largest absolute Gasteiger partial charge is 0.493 e. The molecule has 40 heavy (non-hydrogen) atoms. The van der Waals surface area contributed by atoms with E-state index in [-0.39, 0.29) is 9.34 Å². The topological polar surface area (TPSA) is 79.9 Å². The summed E-state index contributed by atoms with van der Waals surface area (Å²) in [6, 6.07) is 15.0. The number of rotatable bonds is 9. The number of methoxy groups -OCH3 is 1. The van der Waals surface area contributed by atoms with E-state index in [0.29, 0.717) is 50.7 Å². The lowest BCUT2D eigenvalue weighted by molar-refractivity contribution is -0.123. The molecule has 0 aliphatic carbocycles. The van der Waals surface area contributed by atoms with Gasteiger partial charge in [0.05, 0.1) is 22.1 Å². The van der Waals surface area contributed by atoms with Gasteiger partial charge < -0.3 is 14.8 Å². The number of amides is 3. The van der Waals surface area contributed by atoms with Crippen LogP contribution in [-0.4, -0.2) is 28.4 Å². The summed E-state index contributed by atoms with van der Waals surface area (Å²) < 4.78 is 11.9. The zero-order valence-electron chi connectivity index (χ0n) is 21.0. The fourth-order valence-electron chi connectivity index (χ4n) is 3.68. The van der Waals surface area contributed by atoms with Crippen LogP contribution in [0.15, 0.2) is 72.2 Å². The van der Waals surface area contributed by atoms with E-state index in [2.05, 4.69) is 17.3 Å². The number of allylic oxidation sites excluding steroid dienone is 1. The Labute approximate surface area is 256 Å². The third-order valence-corrected chi connectivity index (χ3v) is 7.81. The van der Waals surface area contributed by atoms with Gasteiger partial charge in [-0.1, -0.05) is 64.8 Å². The van der Waals surface area contributed by atoms with Gasteiger partial charge in [0.15, 0.2) is 15.8 Å². The molecule has 1 saturated heterocycles. The average molecular weight is 635 g/mol. The molecule has 206 valence electrons. The molecule has 0 aromatic heterocycles. The van der Waals surface area contributed by atoms with Crippen LogP contribution in [0.2, 0.25) is 15.1 Å². The monoisotopic (exact) mass is 633 g/mol. The minimum atomic E-state index is -0.673. The van der Waals surface area contributed by atoms with Gasteiger partial charge in [-0.05, 0) is 78.3 Å². The number of benzene rings is 3. The van der Waals surface area contributed by atoms with Crippen molar-refractivity contribution < 1.29 is 19.1 Å². The summed E-state index contributed by atoms with van der Waals surface area (Å²) in [5.74, 6) is 0.587. The first kappa shape index (κ1) is 29.8. The van der Waals surface area contributed by atoms with E-state index in [1.54, 1.807) is 49.6 Å². The van der Waals surface area contributed by atoms with E-state index in [0.717, 1.165) is 27.9 Å². The molecular formula is C28H22Cl3N3O4S2. The fraction of sp³-hybridized carbons (Fsp3) is 0.107. The number of ether oxygens (including phenoxy) is 2. The number of hydrogen-bond donors (Lipinski definition) is 2. The Morgan fingerprint density at radius 3 is 2.52 bits per heavy atom. The Kier molecular flexibility index (Phi) is 9.99. The molecule has 3 amide bonds. The minimum absolute atomic E-state index is 0.168. The summed E-state index contributed by atoms with van der Waals surface area (Å²) in [4.78, 5) is 25.9. The average Bonchev–Trinajstić information content (AvgIpc) is 3.18. The molecule has 0 unspecified atom stereocenters. The zero-order valence-corrected chi connectivity index (χ0v) is 24.9. The summed E-state index contributed by atoms with van der Waals surface area (Å²) in [5, 5.41) is 4.87. The Hall–Kier alpha value is -3.21. The molecule has 1 heterocycles. The predicted molar refractivity (Wildman–Crippen MR) is 166 cm³/mol. The summed E-state index contributed by atoms with van der Waals surface area (Å²) >= 11 is 24.3. The molecule has 0 bridgehead atoms. The van der Waals surface area contributed by atoms with Gasteiger partial charge in [0, 0.05) is 16.3 Å². The van der Waals surface area contributed by atoms with Gasteiger partial charge in [0.1, 0.15) is 6.61 Å². The maximum atomic E-state index is 13.1. The van der Waals surface area contributed by atoms with E-state index in [9.17, 15) is 9.59 Å². The number of hydrazine groups is 1. The first-order valence-corrected chi connectivity index (χ1v) is 14.0. The SMILES string of the molecule is C=CCc1cc(/C=C2\SC(=S)N(NC(=O)Nc3ccc(Cl)c(Cl)c3)C2=O)cc(OC)c1OCc1ccc(Cl)cc1. The van der Waals surface area contributed by atoms with Crippen LogP contribution in [-0.2, 0) is 17.8 Å². The Morgan fingerprint density at radius 1 is 1.10 bits per heavy atom. The molecular weight excluding hydrogens is 613 g/mol. The number of nitrogens with zero attached hydrogens (tertiary/aromatic N) is 1. The van der Waals surface area contributed by atoms with Crippen LogP contribution in [0.5, 0.6) is 11.5 Å². The smallest absolute Gasteiger partial charge is 0.338 e. The summed E-state index contributed by atoms with van der Waals surface area (Å²) in [7, 11) is 1.54. The van der Waals surface area contributed by atoms with E-state index in [4.69, 9.17) is 56.5 Å². The van der Waals surface area contributed by atoms with Crippen LogP contribution in [0.1, 0.15) is 16.7 Å². The third kappa shape index (κ3) is 7.30. The van der Waals surface area contributed by atoms with Crippen LogP contribution >= 0.6 is 58.8 Å². The minimum Gasteiger partial charge on any atom is -0.493 e. The highest BCUT2D eigenvalue weighted by atomic mass is 35.5. The van der Waals surface area contributed by atoms with Crippen molar-refractivity contribution in [1.82, 2.24) is 10.4 Å². The van der Waals surface area contributed by atoms with Gasteiger partial charge in [-0.2, -0.15) is 5.01 Å². The molecule has 1 aliphatic heterocycles. The van der Waals surface area contributed by atoms with Crippen molar-refractivity contribution in [3.8, 4) is 11.5 Å². The number of hydrogen-bond acceptors (Lipinski definition) is 6. The quantitative estimate of drug-likeness (QED) is 0.142. The highest BCUT2D eigenvalue weighted by Crippen LogP contribution is 2.37. The number of urea groups is 1. The van der Waals surface area contributed by atoms with Crippen molar-refractivity contribution in [3.63, 3.8) is 0 Å². The molecule has 2 N–H and O–H groups in total. The second-order valence-corrected chi connectivity index (χ2v) is 11.3. The summed E-state index contributed by atoms with van der Waals surface area (Å²) in [6.45, 7) is 4.15. The number of nitrogens with one attached hydrogen (secondary N) is 2. The summed E-state index contributed by atoms with van der Waals surface area (Å²) in [5.41, 5.74) is 5.32. The van der Waals surface area contributed by atoms with Crippen molar-refractivity contribution in [2.24, 2.45) is 0 Å². The molecule has 7 nitrogen and oxygen atoms in total. The number of thiocarbonyl (C=S) groups is 1. The lowest BCUT2D eigenvalue weighted by atomic mass is 10.0. The van der Waals surface area contributed by atoms with E-state index < -0.39 is 11.9 Å². The highest BCUT2D eigenvalue weighted by Gasteiger charge is 2.34. The number of anilines is 1. The molecule has 3 aromatic rings. The Balaban J connectivity index is 1.51. The maximum Gasteiger partial charge on any atom is 0.338 e. The Bertz CT molecular complexity index is 1510. The van der Waals surface area contributed by atoms with Gasteiger partial charge in [-0.15, -0.1) is 6.58 Å². The molecule has 0 saturated carbocycles. The lowest BCUT2D eigenvalue weighted by Gasteiger charge is -2.17. The van der Waals surface area contributed by atoms with Crippen LogP contribution in [0.3, 0.4) is 0 Å². The van der Waals surface area contributed by atoms with Crippen molar-refractivity contribution >= 4 is 86.8 Å². The summed E-state index contributed by atoms with van der Waals surface area (Å²) in [6.07, 6.45) is 3.94. The second-order valence-electron chi connectivity index (χ2n) is 8.33. The number of halogens is 3. The van der Waals surface area contributed by atoms with Crippen molar-refractivity contribution in [2.75, 3.05) is 12.4 Å². The van der Waals surface area contributed by atoms with Crippen LogP contribution in [0.4, 0.5) is 10.5 Å².